The Balaban J connectivity index is 2.10. The second-order valence-corrected chi connectivity index (χ2v) is 3.87. The average molecular weight is 205 g/mol. The van der Waals surface area contributed by atoms with E-state index in [9.17, 15) is 4.39 Å². The minimum absolute atomic E-state index is 0.215. The Morgan fingerprint density at radius 3 is 2.87 bits per heavy atom. The summed E-state index contributed by atoms with van der Waals surface area (Å²) in [6, 6.07) is 6.64. The van der Waals surface area contributed by atoms with Crippen LogP contribution in [0.2, 0.25) is 0 Å². The highest BCUT2D eigenvalue weighted by Gasteiger charge is 2.23. The van der Waals surface area contributed by atoms with Gasteiger partial charge in [0, 0.05) is 31.2 Å². The summed E-state index contributed by atoms with van der Waals surface area (Å²) in [7, 11) is 0. The van der Waals surface area contributed by atoms with E-state index in [1.165, 1.54) is 12.1 Å². The van der Waals surface area contributed by atoms with Crippen molar-refractivity contribution >= 4 is 0 Å². The van der Waals surface area contributed by atoms with Crippen LogP contribution in [0.4, 0.5) is 4.39 Å². The number of hydrogen-bond acceptors (Lipinski definition) is 3. The zero-order valence-corrected chi connectivity index (χ0v) is 8.28. The molecule has 1 aliphatic rings. The molecule has 1 fully saturated rings. The van der Waals surface area contributed by atoms with Crippen molar-refractivity contribution in [2.24, 2.45) is 5.73 Å². The van der Waals surface area contributed by atoms with E-state index in [0.29, 0.717) is 17.7 Å². The first-order valence-corrected chi connectivity index (χ1v) is 4.85. The van der Waals surface area contributed by atoms with Gasteiger partial charge in [-0.2, -0.15) is 5.26 Å². The van der Waals surface area contributed by atoms with E-state index in [1.54, 1.807) is 6.07 Å². The quantitative estimate of drug-likeness (QED) is 0.778. The maximum absolute atomic E-state index is 13.4. The van der Waals surface area contributed by atoms with Crippen LogP contribution in [0.5, 0.6) is 0 Å². The molecule has 3 nitrogen and oxygen atoms in total. The molecular weight excluding hydrogens is 193 g/mol. The molecule has 0 bridgehead atoms. The first kappa shape index (κ1) is 10.1. The molecule has 2 rings (SSSR count). The van der Waals surface area contributed by atoms with Gasteiger partial charge in [-0.3, -0.25) is 4.90 Å². The van der Waals surface area contributed by atoms with Crippen LogP contribution in [0.25, 0.3) is 0 Å². The van der Waals surface area contributed by atoms with E-state index in [1.807, 2.05) is 6.07 Å². The topological polar surface area (TPSA) is 53.0 Å². The molecule has 1 saturated heterocycles. The van der Waals surface area contributed by atoms with E-state index in [-0.39, 0.29) is 11.9 Å². The first-order chi connectivity index (χ1) is 7.19. The van der Waals surface area contributed by atoms with Crippen molar-refractivity contribution in [3.63, 3.8) is 0 Å². The van der Waals surface area contributed by atoms with Gasteiger partial charge < -0.3 is 5.73 Å². The summed E-state index contributed by atoms with van der Waals surface area (Å²) < 4.78 is 13.4. The molecule has 0 aliphatic carbocycles. The summed E-state index contributed by atoms with van der Waals surface area (Å²) in [5, 5.41) is 8.69. The van der Waals surface area contributed by atoms with Crippen molar-refractivity contribution in [2.45, 2.75) is 12.6 Å². The Morgan fingerprint density at radius 1 is 1.53 bits per heavy atom. The van der Waals surface area contributed by atoms with Crippen molar-refractivity contribution in [3.8, 4) is 6.07 Å². The lowest BCUT2D eigenvalue weighted by molar-refractivity contribution is 0.140. The number of rotatable bonds is 2. The summed E-state index contributed by atoms with van der Waals surface area (Å²) in [5.74, 6) is -0.255. The number of likely N-dealkylation sites (tertiary alicyclic amines) is 1. The van der Waals surface area contributed by atoms with Gasteiger partial charge in [-0.15, -0.1) is 0 Å². The summed E-state index contributed by atoms with van der Waals surface area (Å²) in [6.45, 7) is 2.14. The van der Waals surface area contributed by atoms with Gasteiger partial charge in [-0.25, -0.2) is 4.39 Å². The zero-order chi connectivity index (χ0) is 10.8. The largest absolute Gasteiger partial charge is 0.325 e. The van der Waals surface area contributed by atoms with E-state index in [4.69, 9.17) is 11.0 Å². The molecule has 1 aliphatic heterocycles. The van der Waals surface area contributed by atoms with Gasteiger partial charge in [0.25, 0.3) is 0 Å². The van der Waals surface area contributed by atoms with E-state index < -0.39 is 0 Å². The minimum atomic E-state index is -0.255. The number of nitrogens with two attached hydrogens (primary N) is 1. The van der Waals surface area contributed by atoms with Crippen molar-refractivity contribution in [3.05, 3.63) is 35.1 Å². The zero-order valence-electron chi connectivity index (χ0n) is 8.28. The molecule has 2 N–H and O–H groups in total. The lowest BCUT2D eigenvalue weighted by Crippen LogP contribution is -2.54. The lowest BCUT2D eigenvalue weighted by atomic mass is 10.1. The van der Waals surface area contributed by atoms with Crippen LogP contribution in [-0.2, 0) is 6.54 Å². The molecule has 0 spiro atoms. The van der Waals surface area contributed by atoms with Gasteiger partial charge in [0.1, 0.15) is 5.82 Å². The number of halogens is 1. The minimum Gasteiger partial charge on any atom is -0.325 e. The third-order valence-electron chi connectivity index (χ3n) is 2.55. The second-order valence-electron chi connectivity index (χ2n) is 3.87. The van der Waals surface area contributed by atoms with Gasteiger partial charge in [0.2, 0.25) is 0 Å². The van der Waals surface area contributed by atoms with Crippen molar-refractivity contribution in [1.29, 1.82) is 5.26 Å². The Kier molecular flexibility index (Phi) is 2.67. The standard InChI is InChI=1S/C11H12FN3/c12-11-2-1-8(4-13)3-9(11)5-15-6-10(14)7-15/h1-3,10H,5-7,14H2. The Hall–Kier alpha value is -1.44. The van der Waals surface area contributed by atoms with Crippen LogP contribution in [-0.4, -0.2) is 24.0 Å². The van der Waals surface area contributed by atoms with Gasteiger partial charge in [-0.05, 0) is 18.2 Å². The SMILES string of the molecule is N#Cc1ccc(F)c(CN2CC(N)C2)c1. The summed E-state index contributed by atoms with van der Waals surface area (Å²) in [6.07, 6.45) is 0. The molecule has 0 atom stereocenters. The van der Waals surface area contributed by atoms with E-state index in [2.05, 4.69) is 4.90 Å². The number of hydrogen-bond donors (Lipinski definition) is 1. The second kappa shape index (κ2) is 3.97. The molecule has 0 unspecified atom stereocenters. The molecular formula is C11H12FN3. The van der Waals surface area contributed by atoms with E-state index >= 15 is 0 Å². The average Bonchev–Trinajstić information content (AvgIpc) is 2.19. The highest BCUT2D eigenvalue weighted by Crippen LogP contribution is 2.16. The maximum Gasteiger partial charge on any atom is 0.127 e. The molecule has 4 heteroatoms. The van der Waals surface area contributed by atoms with Crippen LogP contribution in [0, 0.1) is 17.1 Å². The van der Waals surface area contributed by atoms with Crippen molar-refractivity contribution < 1.29 is 4.39 Å². The predicted octanol–water partition coefficient (Wildman–Crippen LogP) is 0.840. The number of nitriles is 1. The van der Waals surface area contributed by atoms with Crippen LogP contribution >= 0.6 is 0 Å². The maximum atomic E-state index is 13.4. The fourth-order valence-electron chi connectivity index (χ4n) is 1.75. The summed E-state index contributed by atoms with van der Waals surface area (Å²) >= 11 is 0. The first-order valence-electron chi connectivity index (χ1n) is 4.85. The van der Waals surface area contributed by atoms with Gasteiger partial charge in [0.05, 0.1) is 11.6 Å². The smallest absolute Gasteiger partial charge is 0.127 e. The van der Waals surface area contributed by atoms with Crippen molar-refractivity contribution in [1.82, 2.24) is 4.90 Å². The molecule has 0 radical (unpaired) electrons. The van der Waals surface area contributed by atoms with Gasteiger partial charge in [-0.1, -0.05) is 0 Å². The predicted molar refractivity (Wildman–Crippen MR) is 54.4 cm³/mol. The van der Waals surface area contributed by atoms with Crippen LogP contribution in [0.1, 0.15) is 11.1 Å². The van der Waals surface area contributed by atoms with Crippen molar-refractivity contribution in [2.75, 3.05) is 13.1 Å². The fraction of sp³-hybridized carbons (Fsp3) is 0.364. The third kappa shape index (κ3) is 2.14. The Morgan fingerprint density at radius 2 is 2.27 bits per heavy atom. The highest BCUT2D eigenvalue weighted by atomic mass is 19.1. The fourth-order valence-corrected chi connectivity index (χ4v) is 1.75. The van der Waals surface area contributed by atoms with Gasteiger partial charge in [0.15, 0.2) is 0 Å². The molecule has 0 saturated carbocycles. The summed E-state index contributed by atoms with van der Waals surface area (Å²) in [5.41, 5.74) is 6.70. The summed E-state index contributed by atoms with van der Waals surface area (Å²) in [4.78, 5) is 2.06. The Labute approximate surface area is 87.9 Å². The molecule has 0 aromatic heterocycles. The molecule has 1 heterocycles. The third-order valence-corrected chi connectivity index (χ3v) is 2.55. The Bertz CT molecular complexity index is 405. The lowest BCUT2D eigenvalue weighted by Gasteiger charge is -2.36. The molecule has 0 amide bonds. The normalized spacial score (nSPS) is 17.1. The molecule has 1 aromatic rings. The van der Waals surface area contributed by atoms with Gasteiger partial charge >= 0.3 is 0 Å². The van der Waals surface area contributed by atoms with Crippen LogP contribution < -0.4 is 5.73 Å². The highest BCUT2D eigenvalue weighted by molar-refractivity contribution is 5.33. The number of nitrogens with zero attached hydrogens (tertiary/aromatic N) is 2. The van der Waals surface area contributed by atoms with Crippen LogP contribution in [0.15, 0.2) is 18.2 Å². The monoisotopic (exact) mass is 205 g/mol. The molecule has 78 valence electrons. The number of benzene rings is 1. The van der Waals surface area contributed by atoms with Crippen LogP contribution in [0.3, 0.4) is 0 Å². The molecule has 1 aromatic carbocycles. The van der Waals surface area contributed by atoms with E-state index in [0.717, 1.165) is 13.1 Å². The molecule has 15 heavy (non-hydrogen) atoms.